The van der Waals surface area contributed by atoms with Crippen molar-refractivity contribution in [2.45, 2.75) is 50.3 Å². The fourth-order valence-corrected chi connectivity index (χ4v) is 7.14. The molecule has 2 fully saturated rings. The Balaban J connectivity index is 1.39. The molecule has 0 radical (unpaired) electrons. The number of hydrogen-bond acceptors (Lipinski definition) is 6. The van der Waals surface area contributed by atoms with Crippen molar-refractivity contribution in [1.29, 1.82) is 0 Å². The Morgan fingerprint density at radius 3 is 2.72 bits per heavy atom. The Kier molecular flexibility index (Phi) is 7.63. The van der Waals surface area contributed by atoms with Gasteiger partial charge in [-0.3, -0.25) is 9.69 Å². The van der Waals surface area contributed by atoms with Crippen molar-refractivity contribution in [2.75, 3.05) is 32.8 Å². The average Bonchev–Trinajstić information content (AvgIpc) is 3.29. The van der Waals surface area contributed by atoms with Crippen LogP contribution in [0.15, 0.2) is 40.6 Å². The summed E-state index contributed by atoms with van der Waals surface area (Å²) < 4.78 is 33.2. The summed E-state index contributed by atoms with van der Waals surface area (Å²) in [5, 5.41) is 4.59. The van der Waals surface area contributed by atoms with E-state index in [2.05, 4.69) is 29.3 Å². The van der Waals surface area contributed by atoms with Crippen LogP contribution in [-0.4, -0.2) is 62.4 Å². The smallest absolute Gasteiger partial charge is 0.263 e. The van der Waals surface area contributed by atoms with E-state index < -0.39 is 10.0 Å². The quantitative estimate of drug-likeness (QED) is 0.663. The summed E-state index contributed by atoms with van der Waals surface area (Å²) in [7, 11) is -3.64. The maximum Gasteiger partial charge on any atom is 0.263 e. The molecule has 0 bridgehead atoms. The molecule has 1 aromatic carbocycles. The molecule has 2 aliphatic rings. The van der Waals surface area contributed by atoms with Crippen molar-refractivity contribution in [3.8, 4) is 0 Å². The van der Waals surface area contributed by atoms with Gasteiger partial charge < -0.3 is 10.1 Å². The number of amides is 1. The third-order valence-electron chi connectivity index (χ3n) is 5.94. The maximum absolute atomic E-state index is 13.0. The number of hydrogen-bond donors (Lipinski definition) is 1. The van der Waals surface area contributed by atoms with Gasteiger partial charge in [-0.05, 0) is 42.3 Å². The minimum atomic E-state index is -3.64. The van der Waals surface area contributed by atoms with E-state index in [-0.39, 0.29) is 21.8 Å². The second-order valence-electron chi connectivity index (χ2n) is 8.50. The molecule has 1 unspecified atom stereocenters. The number of morpholine rings is 1. The number of piperidine rings is 1. The van der Waals surface area contributed by atoms with Gasteiger partial charge in [-0.1, -0.05) is 30.7 Å². The van der Waals surface area contributed by atoms with Crippen LogP contribution >= 0.6 is 11.3 Å². The lowest BCUT2D eigenvalue weighted by Crippen LogP contribution is -2.40. The third kappa shape index (κ3) is 5.58. The predicted octanol–water partition coefficient (Wildman–Crippen LogP) is 3.07. The van der Waals surface area contributed by atoms with Gasteiger partial charge in [-0.2, -0.15) is 4.31 Å². The zero-order valence-electron chi connectivity index (χ0n) is 18.5. The topological polar surface area (TPSA) is 79.0 Å². The van der Waals surface area contributed by atoms with Crippen LogP contribution in [0.25, 0.3) is 0 Å². The number of benzene rings is 1. The first kappa shape index (κ1) is 23.4. The zero-order valence-corrected chi connectivity index (χ0v) is 20.1. The van der Waals surface area contributed by atoms with E-state index in [9.17, 15) is 13.2 Å². The molecular weight excluding hydrogens is 446 g/mol. The number of carbonyl (C=O) groups excluding carboxylic acids is 1. The number of thiophene rings is 1. The second kappa shape index (κ2) is 10.4. The minimum Gasteiger partial charge on any atom is -0.376 e. The Morgan fingerprint density at radius 1 is 1.16 bits per heavy atom. The summed E-state index contributed by atoms with van der Waals surface area (Å²) in [5.41, 5.74) is 2.18. The highest BCUT2D eigenvalue weighted by Gasteiger charge is 2.30. The van der Waals surface area contributed by atoms with Crippen LogP contribution in [0.5, 0.6) is 0 Å². The molecule has 32 heavy (non-hydrogen) atoms. The molecule has 7 nitrogen and oxygen atoms in total. The van der Waals surface area contributed by atoms with Gasteiger partial charge in [0.1, 0.15) is 9.77 Å². The molecule has 4 rings (SSSR count). The number of nitrogens with zero attached hydrogens (tertiary/aromatic N) is 2. The van der Waals surface area contributed by atoms with Crippen LogP contribution in [-0.2, 0) is 27.8 Å². The van der Waals surface area contributed by atoms with E-state index in [4.69, 9.17) is 4.74 Å². The molecule has 2 aromatic rings. The first-order chi connectivity index (χ1) is 15.4. The van der Waals surface area contributed by atoms with Crippen molar-refractivity contribution >= 4 is 27.3 Å². The van der Waals surface area contributed by atoms with Gasteiger partial charge in [0.2, 0.25) is 10.0 Å². The Hall–Kier alpha value is -1.78. The van der Waals surface area contributed by atoms with Gasteiger partial charge in [-0.25, -0.2) is 8.42 Å². The second-order valence-corrected chi connectivity index (χ2v) is 11.3. The fourth-order valence-electron chi connectivity index (χ4n) is 4.30. The van der Waals surface area contributed by atoms with E-state index in [1.165, 1.54) is 21.2 Å². The summed E-state index contributed by atoms with van der Waals surface area (Å²) in [6, 6.07) is 9.71. The van der Waals surface area contributed by atoms with Gasteiger partial charge in [0, 0.05) is 39.3 Å². The van der Waals surface area contributed by atoms with Crippen molar-refractivity contribution in [1.82, 2.24) is 14.5 Å². The standard InChI is InChI=1S/C23H31N3O4S2/c1-18-16-25(11-12-30-18)17-20-7-5-6-19(14-20)15-24-23(27)22-21(8-13-31-22)32(28,29)26-9-3-2-4-10-26/h5-8,13-14,18H,2-4,9-12,15-17H2,1H3,(H,24,27). The largest absolute Gasteiger partial charge is 0.376 e. The molecule has 1 N–H and O–H groups in total. The van der Waals surface area contributed by atoms with E-state index in [1.54, 1.807) is 11.4 Å². The summed E-state index contributed by atoms with van der Waals surface area (Å²) in [6.07, 6.45) is 3.02. The van der Waals surface area contributed by atoms with Gasteiger partial charge in [-0.15, -0.1) is 11.3 Å². The average molecular weight is 478 g/mol. The Morgan fingerprint density at radius 2 is 1.94 bits per heavy atom. The molecule has 0 spiro atoms. The molecule has 2 aliphatic heterocycles. The highest BCUT2D eigenvalue weighted by molar-refractivity contribution is 7.89. The molecular formula is C23H31N3O4S2. The molecule has 9 heteroatoms. The zero-order chi connectivity index (χ0) is 22.6. The first-order valence-corrected chi connectivity index (χ1v) is 13.5. The summed E-state index contributed by atoms with van der Waals surface area (Å²) in [4.78, 5) is 15.6. The maximum atomic E-state index is 13.0. The number of ether oxygens (including phenoxy) is 1. The Bertz CT molecular complexity index is 1030. The van der Waals surface area contributed by atoms with Crippen LogP contribution in [0.2, 0.25) is 0 Å². The van der Waals surface area contributed by atoms with Gasteiger partial charge in [0.25, 0.3) is 5.91 Å². The highest BCUT2D eigenvalue weighted by atomic mass is 32.2. The monoisotopic (exact) mass is 477 g/mol. The first-order valence-electron chi connectivity index (χ1n) is 11.2. The molecule has 1 atom stereocenters. The van der Waals surface area contributed by atoms with Crippen LogP contribution in [0.3, 0.4) is 0 Å². The van der Waals surface area contributed by atoms with E-state index in [0.717, 1.165) is 51.1 Å². The highest BCUT2D eigenvalue weighted by Crippen LogP contribution is 2.27. The molecule has 3 heterocycles. The molecule has 0 aliphatic carbocycles. The lowest BCUT2D eigenvalue weighted by molar-refractivity contribution is -0.0212. The molecule has 2 saturated heterocycles. The summed E-state index contributed by atoms with van der Waals surface area (Å²) in [5.74, 6) is -0.344. The van der Waals surface area contributed by atoms with E-state index in [1.807, 2.05) is 12.1 Å². The van der Waals surface area contributed by atoms with Crippen molar-refractivity contribution in [2.24, 2.45) is 0 Å². The van der Waals surface area contributed by atoms with E-state index >= 15 is 0 Å². The molecule has 0 saturated carbocycles. The normalized spacial score (nSPS) is 20.8. The molecule has 1 aromatic heterocycles. The lowest BCUT2D eigenvalue weighted by atomic mass is 10.1. The third-order valence-corrected chi connectivity index (χ3v) is 8.93. The minimum absolute atomic E-state index is 0.122. The van der Waals surface area contributed by atoms with Gasteiger partial charge in [0.05, 0.1) is 12.7 Å². The van der Waals surface area contributed by atoms with Crippen LogP contribution in [0.4, 0.5) is 0 Å². The van der Waals surface area contributed by atoms with Crippen molar-refractivity contribution < 1.29 is 17.9 Å². The molecule has 1 amide bonds. The van der Waals surface area contributed by atoms with Crippen molar-refractivity contribution in [3.05, 3.63) is 51.7 Å². The fraction of sp³-hybridized carbons (Fsp3) is 0.522. The van der Waals surface area contributed by atoms with Crippen molar-refractivity contribution in [3.63, 3.8) is 0 Å². The number of carbonyl (C=O) groups is 1. The summed E-state index contributed by atoms with van der Waals surface area (Å²) in [6.45, 7) is 6.90. The van der Waals surface area contributed by atoms with E-state index in [0.29, 0.717) is 19.6 Å². The summed E-state index contributed by atoms with van der Waals surface area (Å²) >= 11 is 1.17. The van der Waals surface area contributed by atoms with Gasteiger partial charge in [0.15, 0.2) is 0 Å². The SMILES string of the molecule is CC1CN(Cc2cccc(CNC(=O)c3sccc3S(=O)(=O)N3CCCCC3)c2)CCO1. The number of rotatable bonds is 7. The Labute approximate surface area is 194 Å². The van der Waals surface area contributed by atoms with Crippen LogP contribution in [0.1, 0.15) is 47.0 Å². The predicted molar refractivity (Wildman–Crippen MR) is 125 cm³/mol. The van der Waals surface area contributed by atoms with Crippen LogP contribution in [0, 0.1) is 0 Å². The number of sulfonamides is 1. The van der Waals surface area contributed by atoms with Crippen LogP contribution < -0.4 is 5.32 Å². The molecule has 174 valence electrons. The number of nitrogens with one attached hydrogen (secondary N) is 1. The van der Waals surface area contributed by atoms with Gasteiger partial charge >= 0.3 is 0 Å². The lowest BCUT2D eigenvalue weighted by Gasteiger charge is -2.31.